The fraction of sp³-hybridized carbons (Fsp3) is 0.261. The number of hydrogen-bond donors (Lipinski definition) is 1. The van der Waals surface area contributed by atoms with Gasteiger partial charge in [-0.25, -0.2) is 14.0 Å². The SMILES string of the molecule is Cc1ccc(NC(=O)c2csc(C3CCN(C(=O)c4ccc5nonc5c4)CC3)n2)c(F)c1. The van der Waals surface area contributed by atoms with Gasteiger partial charge in [-0.1, -0.05) is 6.07 Å². The number of fused-ring (bicyclic) bond motifs is 1. The van der Waals surface area contributed by atoms with Crippen LogP contribution in [0.3, 0.4) is 0 Å². The number of thiazole rings is 1. The minimum atomic E-state index is -0.477. The Hall–Kier alpha value is -3.66. The molecule has 0 saturated carbocycles. The van der Waals surface area contributed by atoms with Crippen LogP contribution in [0.4, 0.5) is 10.1 Å². The van der Waals surface area contributed by atoms with E-state index < -0.39 is 11.7 Å². The van der Waals surface area contributed by atoms with Gasteiger partial charge in [0, 0.05) is 30.0 Å². The maximum atomic E-state index is 14.0. The molecule has 33 heavy (non-hydrogen) atoms. The number of amides is 2. The van der Waals surface area contributed by atoms with Crippen LogP contribution in [0.1, 0.15) is 50.2 Å². The second-order valence-corrected chi connectivity index (χ2v) is 8.93. The van der Waals surface area contributed by atoms with Crippen LogP contribution in [0.25, 0.3) is 11.0 Å². The Morgan fingerprint density at radius 1 is 1.12 bits per heavy atom. The molecule has 0 spiro atoms. The number of halogens is 1. The topological polar surface area (TPSA) is 101 Å². The minimum Gasteiger partial charge on any atom is -0.339 e. The maximum Gasteiger partial charge on any atom is 0.275 e. The average molecular weight is 466 g/mol. The molecule has 1 fully saturated rings. The zero-order valence-corrected chi connectivity index (χ0v) is 18.6. The van der Waals surface area contributed by atoms with E-state index in [0.717, 1.165) is 23.4 Å². The van der Waals surface area contributed by atoms with Crippen molar-refractivity contribution in [2.75, 3.05) is 18.4 Å². The van der Waals surface area contributed by atoms with E-state index in [2.05, 4.69) is 20.6 Å². The summed E-state index contributed by atoms with van der Waals surface area (Å²) in [5.41, 5.74) is 2.89. The molecule has 10 heteroatoms. The number of nitrogens with zero attached hydrogens (tertiary/aromatic N) is 4. The van der Waals surface area contributed by atoms with Crippen LogP contribution in [0, 0.1) is 12.7 Å². The van der Waals surface area contributed by atoms with Gasteiger partial charge in [-0.05, 0) is 66.0 Å². The Kier molecular flexibility index (Phi) is 5.59. The van der Waals surface area contributed by atoms with Crippen molar-refractivity contribution in [2.45, 2.75) is 25.7 Å². The summed E-state index contributed by atoms with van der Waals surface area (Å²) in [5.74, 6) is -0.808. The van der Waals surface area contributed by atoms with E-state index in [1.54, 1.807) is 42.6 Å². The summed E-state index contributed by atoms with van der Waals surface area (Å²) < 4.78 is 18.7. The van der Waals surface area contributed by atoms with Gasteiger partial charge < -0.3 is 10.2 Å². The van der Waals surface area contributed by atoms with Crippen molar-refractivity contribution in [3.05, 3.63) is 69.4 Å². The van der Waals surface area contributed by atoms with E-state index >= 15 is 0 Å². The number of anilines is 1. The average Bonchev–Trinajstić information content (AvgIpc) is 3.50. The van der Waals surface area contributed by atoms with E-state index in [0.29, 0.717) is 29.7 Å². The first-order chi connectivity index (χ1) is 16.0. The van der Waals surface area contributed by atoms with E-state index in [1.165, 1.54) is 17.4 Å². The molecule has 1 aliphatic heterocycles. The summed E-state index contributed by atoms with van der Waals surface area (Å²) in [6.07, 6.45) is 1.50. The first-order valence-corrected chi connectivity index (χ1v) is 11.4. The molecule has 0 atom stereocenters. The number of rotatable bonds is 4. The van der Waals surface area contributed by atoms with Crippen LogP contribution < -0.4 is 5.32 Å². The smallest absolute Gasteiger partial charge is 0.275 e. The summed E-state index contributed by atoms with van der Waals surface area (Å²) >= 11 is 1.42. The third kappa shape index (κ3) is 4.34. The van der Waals surface area contributed by atoms with Gasteiger partial charge in [0.05, 0.1) is 10.7 Å². The normalized spacial score (nSPS) is 14.5. The van der Waals surface area contributed by atoms with E-state index in [-0.39, 0.29) is 23.2 Å². The van der Waals surface area contributed by atoms with Crippen molar-refractivity contribution in [2.24, 2.45) is 0 Å². The molecule has 8 nitrogen and oxygen atoms in total. The van der Waals surface area contributed by atoms with Crippen molar-refractivity contribution in [1.29, 1.82) is 0 Å². The molecule has 2 aromatic carbocycles. The van der Waals surface area contributed by atoms with Crippen LogP contribution in [0.2, 0.25) is 0 Å². The molecule has 0 unspecified atom stereocenters. The molecule has 1 saturated heterocycles. The molecular weight excluding hydrogens is 445 g/mol. The Bertz CT molecular complexity index is 1340. The van der Waals surface area contributed by atoms with Crippen LogP contribution in [0.5, 0.6) is 0 Å². The van der Waals surface area contributed by atoms with Crippen molar-refractivity contribution in [1.82, 2.24) is 20.2 Å². The van der Waals surface area contributed by atoms with Gasteiger partial charge in [0.2, 0.25) is 0 Å². The molecule has 4 aromatic rings. The molecular formula is C23H20FN5O3S. The number of likely N-dealkylation sites (tertiary alicyclic amines) is 1. The van der Waals surface area contributed by atoms with Crippen molar-refractivity contribution in [3.8, 4) is 0 Å². The molecule has 0 radical (unpaired) electrons. The molecule has 168 valence electrons. The number of aryl methyl sites for hydroxylation is 1. The number of carbonyl (C=O) groups excluding carboxylic acids is 2. The monoisotopic (exact) mass is 465 g/mol. The fourth-order valence-corrected chi connectivity index (χ4v) is 4.89. The highest BCUT2D eigenvalue weighted by molar-refractivity contribution is 7.10. The number of nitrogens with one attached hydrogen (secondary N) is 1. The zero-order chi connectivity index (χ0) is 22.9. The Balaban J connectivity index is 1.20. The van der Waals surface area contributed by atoms with E-state index in [4.69, 9.17) is 4.63 Å². The van der Waals surface area contributed by atoms with E-state index in [1.807, 2.05) is 4.90 Å². The van der Waals surface area contributed by atoms with Crippen LogP contribution in [0.15, 0.2) is 46.4 Å². The molecule has 3 heterocycles. The lowest BCUT2D eigenvalue weighted by Gasteiger charge is -2.31. The van der Waals surface area contributed by atoms with Crippen molar-refractivity contribution < 1.29 is 18.6 Å². The minimum absolute atomic E-state index is 0.0577. The summed E-state index contributed by atoms with van der Waals surface area (Å²) in [4.78, 5) is 31.7. The number of aromatic nitrogens is 3. The third-order valence-electron chi connectivity index (χ3n) is 5.76. The lowest BCUT2D eigenvalue weighted by molar-refractivity contribution is 0.0713. The van der Waals surface area contributed by atoms with Crippen molar-refractivity contribution in [3.63, 3.8) is 0 Å². The summed E-state index contributed by atoms with van der Waals surface area (Å²) in [6.45, 7) is 2.97. The molecule has 1 aliphatic rings. The van der Waals surface area contributed by atoms with Crippen LogP contribution in [-0.2, 0) is 0 Å². The summed E-state index contributed by atoms with van der Waals surface area (Å²) in [6, 6.07) is 9.78. The van der Waals surface area contributed by atoms with Crippen LogP contribution in [-0.4, -0.2) is 45.1 Å². The molecule has 5 rings (SSSR count). The van der Waals surface area contributed by atoms with Gasteiger partial charge in [0.1, 0.15) is 22.5 Å². The van der Waals surface area contributed by atoms with Gasteiger partial charge in [-0.3, -0.25) is 9.59 Å². The number of piperidine rings is 1. The predicted octanol–water partition coefficient (Wildman–Crippen LogP) is 4.40. The van der Waals surface area contributed by atoms with Gasteiger partial charge >= 0.3 is 0 Å². The largest absolute Gasteiger partial charge is 0.339 e. The molecule has 2 amide bonds. The zero-order valence-electron chi connectivity index (χ0n) is 17.7. The molecule has 1 N–H and O–H groups in total. The Labute approximate surface area is 192 Å². The number of hydrogen-bond acceptors (Lipinski definition) is 7. The second-order valence-electron chi connectivity index (χ2n) is 8.04. The molecule has 0 aliphatic carbocycles. The first-order valence-electron chi connectivity index (χ1n) is 10.5. The predicted molar refractivity (Wildman–Crippen MR) is 121 cm³/mol. The first kappa shape index (κ1) is 21.2. The summed E-state index contributed by atoms with van der Waals surface area (Å²) in [7, 11) is 0. The quantitative estimate of drug-likeness (QED) is 0.479. The van der Waals surface area contributed by atoms with Gasteiger partial charge in [0.15, 0.2) is 0 Å². The van der Waals surface area contributed by atoms with Crippen molar-refractivity contribution >= 4 is 39.9 Å². The highest BCUT2D eigenvalue weighted by Crippen LogP contribution is 2.31. The Morgan fingerprint density at radius 2 is 1.91 bits per heavy atom. The summed E-state index contributed by atoms with van der Waals surface area (Å²) in [5, 5.41) is 12.7. The number of benzene rings is 2. The highest BCUT2D eigenvalue weighted by Gasteiger charge is 2.27. The van der Waals surface area contributed by atoms with Gasteiger partial charge in [-0.15, -0.1) is 11.3 Å². The molecule has 0 bridgehead atoms. The standard InChI is InChI=1S/C23H20FN5O3S/c1-13-2-4-17(16(24)10-13)25-21(30)20-12-33-22(26-20)14-6-8-29(9-7-14)23(31)15-3-5-18-19(11-15)28-32-27-18/h2-5,10-12,14H,6-9H2,1H3,(H,25,30). The molecule has 2 aromatic heterocycles. The lowest BCUT2D eigenvalue weighted by atomic mass is 9.97. The fourth-order valence-electron chi connectivity index (χ4n) is 3.91. The third-order valence-corrected chi connectivity index (χ3v) is 6.77. The lowest BCUT2D eigenvalue weighted by Crippen LogP contribution is -2.37. The van der Waals surface area contributed by atoms with Gasteiger partial charge in [0.25, 0.3) is 11.8 Å². The maximum absolute atomic E-state index is 14.0. The Morgan fingerprint density at radius 3 is 2.70 bits per heavy atom. The second kappa shape index (κ2) is 8.70. The van der Waals surface area contributed by atoms with E-state index in [9.17, 15) is 14.0 Å². The highest BCUT2D eigenvalue weighted by atomic mass is 32.1. The number of carbonyl (C=O) groups is 2. The van der Waals surface area contributed by atoms with Gasteiger partial charge in [-0.2, -0.15) is 0 Å². The van der Waals surface area contributed by atoms with Crippen LogP contribution >= 0.6 is 11.3 Å².